The molecular weight excluding hydrogens is 133 g/mol. The van der Waals surface area contributed by atoms with Crippen LogP contribution < -0.4 is 51.4 Å². The number of hydrogen-bond acceptors (Lipinski definition) is 3. The van der Waals surface area contributed by atoms with Crippen LogP contribution in [0.25, 0.3) is 0 Å². The van der Waals surface area contributed by atoms with Gasteiger partial charge < -0.3 is 6.16 Å². The smallest absolute Gasteiger partial charge is 1.00 e. The van der Waals surface area contributed by atoms with Crippen LogP contribution in [-0.2, 0) is 9.53 Å². The molecule has 0 bridgehead atoms. The van der Waals surface area contributed by atoms with Gasteiger partial charge in [0.1, 0.15) is 0 Å². The molecule has 0 radical (unpaired) electrons. The first-order valence-corrected chi connectivity index (χ1v) is 1.53. The van der Waals surface area contributed by atoms with Crippen molar-refractivity contribution in [2.75, 3.05) is 0 Å². The van der Waals surface area contributed by atoms with Crippen molar-refractivity contribution in [3.63, 3.8) is 0 Å². The molecule has 0 aromatic carbocycles. The monoisotopic (exact) mass is 137 g/mol. The minimum atomic E-state index is -0.720. The third kappa shape index (κ3) is 6.34. The van der Waals surface area contributed by atoms with Crippen molar-refractivity contribution in [2.45, 2.75) is 0 Å². The maximum atomic E-state index is 9.85. The molecular formula is C4H4KNO2. The van der Waals surface area contributed by atoms with E-state index in [0.717, 1.165) is 6.08 Å². The molecule has 38 valence electrons. The first-order chi connectivity index (χ1) is 3.31. The quantitative estimate of drug-likeness (QED) is 0.171. The van der Waals surface area contributed by atoms with E-state index in [1.807, 2.05) is 0 Å². The minimum absolute atomic E-state index is 0. The van der Waals surface area contributed by atoms with Crippen molar-refractivity contribution in [3.8, 4) is 6.26 Å². The van der Waals surface area contributed by atoms with E-state index in [-0.39, 0.29) is 52.8 Å². The Morgan fingerprint density at radius 3 is 2.62 bits per heavy atom. The Morgan fingerprint density at radius 1 is 2.00 bits per heavy atom. The molecule has 0 atom stereocenters. The number of ether oxygens (including phenoxy) is 1. The summed E-state index contributed by atoms with van der Waals surface area (Å²) < 4.78 is 3.74. The average Bonchev–Trinajstić information content (AvgIpc) is 1.68. The van der Waals surface area contributed by atoms with Crippen molar-refractivity contribution >= 4 is 5.97 Å². The average molecular weight is 137 g/mol. The Balaban J connectivity index is -0.000000180. The van der Waals surface area contributed by atoms with Crippen LogP contribution >= 0.6 is 0 Å². The number of esters is 1. The van der Waals surface area contributed by atoms with E-state index in [2.05, 4.69) is 11.3 Å². The van der Waals surface area contributed by atoms with Crippen LogP contribution in [0.1, 0.15) is 1.43 Å². The predicted octanol–water partition coefficient (Wildman–Crippen LogP) is -2.69. The summed E-state index contributed by atoms with van der Waals surface area (Å²) in [6.45, 7) is 3.05. The molecule has 8 heavy (non-hydrogen) atoms. The Morgan fingerprint density at radius 2 is 2.50 bits per heavy atom. The number of hydrogen-bond donors (Lipinski definition) is 0. The number of carbonyl (C=O) groups excluding carboxylic acids is 1. The van der Waals surface area contributed by atoms with E-state index in [0.29, 0.717) is 0 Å². The molecule has 0 N–H and O–H groups in total. The Kier molecular flexibility index (Phi) is 10.2. The molecule has 0 saturated carbocycles. The maximum absolute atomic E-state index is 9.85. The summed E-state index contributed by atoms with van der Waals surface area (Å²) in [6.07, 6.45) is 2.12. The number of carbonyl (C=O) groups is 1. The molecule has 0 aromatic heterocycles. The normalized spacial score (nSPS) is 5.38. The van der Waals surface area contributed by atoms with Crippen molar-refractivity contribution in [1.29, 1.82) is 5.26 Å². The van der Waals surface area contributed by atoms with Gasteiger partial charge in [-0.1, -0.05) is 6.58 Å². The van der Waals surface area contributed by atoms with Crippen LogP contribution in [0.15, 0.2) is 12.7 Å². The second-order valence-electron chi connectivity index (χ2n) is 0.717. The van der Waals surface area contributed by atoms with Gasteiger partial charge in [-0.05, 0) is 0 Å². The largest absolute Gasteiger partial charge is 1.00 e. The molecule has 0 aliphatic carbocycles. The second-order valence-corrected chi connectivity index (χ2v) is 0.717. The van der Waals surface area contributed by atoms with Gasteiger partial charge in [-0.2, -0.15) is 0 Å². The third-order valence-electron chi connectivity index (χ3n) is 0.313. The Hall–Kier alpha value is 0.336. The SMILES string of the molecule is C=CC(=O)OC#N.[H-].[K+]. The van der Waals surface area contributed by atoms with Crippen molar-refractivity contribution in [2.24, 2.45) is 0 Å². The molecule has 0 amide bonds. The summed E-state index contributed by atoms with van der Waals surface area (Å²) >= 11 is 0. The molecule has 0 saturated heterocycles. The Bertz CT molecular complexity index is 131. The summed E-state index contributed by atoms with van der Waals surface area (Å²) in [4.78, 5) is 9.85. The minimum Gasteiger partial charge on any atom is -1.00 e. The van der Waals surface area contributed by atoms with Crippen LogP contribution in [0.2, 0.25) is 0 Å². The molecule has 0 rings (SSSR count). The fraction of sp³-hybridized carbons (Fsp3) is 0. The van der Waals surface area contributed by atoms with Gasteiger partial charge in [0.25, 0.3) is 6.26 Å². The van der Waals surface area contributed by atoms with Gasteiger partial charge in [0.05, 0.1) is 0 Å². The first kappa shape index (κ1) is 11.2. The van der Waals surface area contributed by atoms with E-state index in [9.17, 15) is 4.79 Å². The summed E-state index contributed by atoms with van der Waals surface area (Å²) in [5, 5.41) is 7.63. The number of nitriles is 1. The van der Waals surface area contributed by atoms with E-state index in [1.54, 1.807) is 0 Å². The topological polar surface area (TPSA) is 50.1 Å². The molecule has 0 heterocycles. The van der Waals surface area contributed by atoms with Gasteiger partial charge >= 0.3 is 57.4 Å². The van der Waals surface area contributed by atoms with Gasteiger partial charge in [-0.15, -0.1) is 5.26 Å². The van der Waals surface area contributed by atoms with E-state index in [1.165, 1.54) is 6.26 Å². The molecule has 0 aromatic rings. The first-order valence-electron chi connectivity index (χ1n) is 1.53. The van der Waals surface area contributed by atoms with E-state index >= 15 is 0 Å². The van der Waals surface area contributed by atoms with Gasteiger partial charge in [-0.3, -0.25) is 0 Å². The third-order valence-corrected chi connectivity index (χ3v) is 0.313. The van der Waals surface area contributed by atoms with Gasteiger partial charge in [0.2, 0.25) is 0 Å². The van der Waals surface area contributed by atoms with Gasteiger partial charge in [-0.25, -0.2) is 4.79 Å². The summed E-state index contributed by atoms with van der Waals surface area (Å²) in [6, 6.07) is 0. The zero-order chi connectivity index (χ0) is 5.70. The Labute approximate surface area is 91.2 Å². The zero-order valence-corrected chi connectivity index (χ0v) is 7.67. The molecule has 0 aliphatic heterocycles. The molecule has 0 aliphatic rings. The predicted molar refractivity (Wildman–Crippen MR) is 23.0 cm³/mol. The standard InChI is InChI=1S/C4H3NO2.K.H/c1-2-4(6)7-3-5;;/h2H,1H2;;/q;+1;-1. The summed E-state index contributed by atoms with van der Waals surface area (Å²) in [5.74, 6) is -0.720. The number of nitrogens with zero attached hydrogens (tertiary/aromatic N) is 1. The second kappa shape index (κ2) is 7.34. The van der Waals surface area contributed by atoms with Crippen molar-refractivity contribution in [1.82, 2.24) is 0 Å². The summed E-state index contributed by atoms with van der Waals surface area (Å²) in [5.41, 5.74) is 0. The molecule has 0 spiro atoms. The molecule has 0 fully saturated rings. The summed E-state index contributed by atoms with van der Waals surface area (Å²) in [7, 11) is 0. The zero-order valence-electron chi connectivity index (χ0n) is 5.55. The fourth-order valence-corrected chi connectivity index (χ4v) is 0.0867. The van der Waals surface area contributed by atoms with Crippen molar-refractivity contribution in [3.05, 3.63) is 12.7 Å². The van der Waals surface area contributed by atoms with Crippen LogP contribution in [0.4, 0.5) is 0 Å². The van der Waals surface area contributed by atoms with Gasteiger partial charge in [0.15, 0.2) is 0 Å². The molecule has 4 heteroatoms. The van der Waals surface area contributed by atoms with Gasteiger partial charge in [0, 0.05) is 6.08 Å². The maximum Gasteiger partial charge on any atom is 1.00 e. The van der Waals surface area contributed by atoms with E-state index in [4.69, 9.17) is 5.26 Å². The van der Waals surface area contributed by atoms with E-state index < -0.39 is 5.97 Å². The fourth-order valence-electron chi connectivity index (χ4n) is 0.0867. The van der Waals surface area contributed by atoms with Crippen molar-refractivity contribution < 1.29 is 62.3 Å². The van der Waals surface area contributed by atoms with Crippen LogP contribution in [0.5, 0.6) is 0 Å². The molecule has 0 unspecified atom stereocenters. The van der Waals surface area contributed by atoms with Crippen LogP contribution in [0, 0.1) is 11.5 Å². The molecule has 3 nitrogen and oxygen atoms in total. The van der Waals surface area contributed by atoms with Crippen LogP contribution in [0.3, 0.4) is 0 Å². The van der Waals surface area contributed by atoms with Crippen LogP contribution in [-0.4, -0.2) is 5.97 Å². The number of rotatable bonds is 1.